The fourth-order valence-corrected chi connectivity index (χ4v) is 2.60. The van der Waals surface area contributed by atoms with Crippen LogP contribution in [0.2, 0.25) is 0 Å². The van der Waals surface area contributed by atoms with E-state index in [4.69, 9.17) is 5.73 Å². The number of piperidine rings is 1. The summed E-state index contributed by atoms with van der Waals surface area (Å²) in [6.07, 6.45) is -2.99. The molecule has 3 N–H and O–H groups in total. The lowest BCUT2D eigenvalue weighted by molar-refractivity contribution is -0.141. The van der Waals surface area contributed by atoms with Crippen molar-refractivity contribution in [3.63, 3.8) is 0 Å². The van der Waals surface area contributed by atoms with E-state index in [9.17, 15) is 22.8 Å². The topological polar surface area (TPSA) is 79.2 Å². The number of nitrogens with two attached hydrogens (primary N) is 1. The standard InChI is InChI=1S/C14H18F3N3O2.ClH/c1-8(18)9-3-2-6-20(7-9)13(22)10-4-5-11(14(15,16)17)19-12(10)21;/h4-5,8-9H,2-3,6-7,18H2,1H3,(H,19,21);1H. The van der Waals surface area contributed by atoms with E-state index in [1.165, 1.54) is 4.90 Å². The zero-order chi connectivity index (χ0) is 16.5. The first-order valence-corrected chi connectivity index (χ1v) is 7.05. The van der Waals surface area contributed by atoms with Gasteiger partial charge in [-0.1, -0.05) is 0 Å². The van der Waals surface area contributed by atoms with E-state index in [0.29, 0.717) is 19.2 Å². The second kappa shape index (κ2) is 7.35. The molecule has 1 aromatic heterocycles. The van der Waals surface area contributed by atoms with Gasteiger partial charge in [0.05, 0.1) is 0 Å². The summed E-state index contributed by atoms with van der Waals surface area (Å²) in [6, 6.07) is 1.56. The van der Waals surface area contributed by atoms with Gasteiger partial charge < -0.3 is 15.6 Å². The van der Waals surface area contributed by atoms with E-state index in [-0.39, 0.29) is 29.9 Å². The second-order valence-electron chi connectivity index (χ2n) is 5.63. The van der Waals surface area contributed by atoms with Gasteiger partial charge in [0.15, 0.2) is 0 Å². The number of aromatic amines is 1. The Morgan fingerprint density at radius 2 is 2.09 bits per heavy atom. The Bertz CT molecular complexity index is 616. The third kappa shape index (κ3) is 4.48. The maximum Gasteiger partial charge on any atom is 0.431 e. The van der Waals surface area contributed by atoms with Crippen molar-refractivity contribution in [1.29, 1.82) is 0 Å². The normalized spacial score (nSPS) is 19.9. The molecular formula is C14H19ClF3N3O2. The predicted octanol–water partition coefficient (Wildman–Crippen LogP) is 2.01. The highest BCUT2D eigenvalue weighted by Gasteiger charge is 2.33. The van der Waals surface area contributed by atoms with Crippen molar-refractivity contribution in [2.75, 3.05) is 13.1 Å². The number of hydrogen-bond acceptors (Lipinski definition) is 3. The molecule has 1 saturated heterocycles. The molecule has 0 saturated carbocycles. The first-order valence-electron chi connectivity index (χ1n) is 7.05. The molecule has 1 aromatic rings. The van der Waals surface area contributed by atoms with Crippen molar-refractivity contribution < 1.29 is 18.0 Å². The van der Waals surface area contributed by atoms with Gasteiger partial charge in [0, 0.05) is 19.1 Å². The smallest absolute Gasteiger partial charge is 0.338 e. The zero-order valence-corrected chi connectivity index (χ0v) is 13.3. The number of carbonyl (C=O) groups excluding carboxylic acids is 1. The van der Waals surface area contributed by atoms with Gasteiger partial charge in [-0.05, 0) is 37.8 Å². The number of amides is 1. The summed E-state index contributed by atoms with van der Waals surface area (Å²) in [4.78, 5) is 27.3. The van der Waals surface area contributed by atoms with Crippen LogP contribution in [0.15, 0.2) is 16.9 Å². The van der Waals surface area contributed by atoms with E-state index < -0.39 is 23.3 Å². The summed E-state index contributed by atoms with van der Waals surface area (Å²) >= 11 is 0. The number of rotatable bonds is 2. The molecule has 0 radical (unpaired) electrons. The van der Waals surface area contributed by atoms with Gasteiger partial charge in [-0.2, -0.15) is 13.2 Å². The highest BCUT2D eigenvalue weighted by molar-refractivity contribution is 5.93. The molecular weight excluding hydrogens is 335 g/mol. The number of carbonyl (C=O) groups is 1. The van der Waals surface area contributed by atoms with Gasteiger partial charge in [-0.15, -0.1) is 12.4 Å². The second-order valence-corrected chi connectivity index (χ2v) is 5.63. The Balaban J connectivity index is 0.00000264. The SMILES string of the molecule is CC(N)C1CCCN(C(=O)c2ccc(C(F)(F)F)[nH]c2=O)C1.Cl. The predicted molar refractivity (Wildman–Crippen MR) is 81.6 cm³/mol. The van der Waals surface area contributed by atoms with Gasteiger partial charge in [-0.25, -0.2) is 0 Å². The van der Waals surface area contributed by atoms with E-state index in [2.05, 4.69) is 0 Å². The van der Waals surface area contributed by atoms with Crippen LogP contribution in [0.1, 0.15) is 35.8 Å². The van der Waals surface area contributed by atoms with Gasteiger partial charge in [0.2, 0.25) is 0 Å². The highest BCUT2D eigenvalue weighted by atomic mass is 35.5. The Labute approximate surface area is 137 Å². The van der Waals surface area contributed by atoms with Crippen LogP contribution in [0.5, 0.6) is 0 Å². The summed E-state index contributed by atoms with van der Waals surface area (Å²) in [5.74, 6) is -0.424. The van der Waals surface area contributed by atoms with Crippen LogP contribution >= 0.6 is 12.4 Å². The number of alkyl halides is 3. The number of aromatic nitrogens is 1. The number of hydrogen-bond donors (Lipinski definition) is 2. The van der Waals surface area contributed by atoms with Crippen molar-refractivity contribution in [3.05, 3.63) is 33.7 Å². The fourth-order valence-electron chi connectivity index (χ4n) is 2.60. The van der Waals surface area contributed by atoms with Crippen molar-refractivity contribution in [1.82, 2.24) is 9.88 Å². The lowest BCUT2D eigenvalue weighted by Crippen LogP contribution is -2.46. The fraction of sp³-hybridized carbons (Fsp3) is 0.571. The van der Waals surface area contributed by atoms with E-state index >= 15 is 0 Å². The van der Waals surface area contributed by atoms with Crippen molar-refractivity contribution in [3.8, 4) is 0 Å². The summed E-state index contributed by atoms with van der Waals surface area (Å²) in [5, 5.41) is 0. The average molecular weight is 354 g/mol. The van der Waals surface area contributed by atoms with Crippen molar-refractivity contribution in [2.24, 2.45) is 11.7 Å². The minimum Gasteiger partial charge on any atom is -0.338 e. The van der Waals surface area contributed by atoms with Crippen LogP contribution in [0.4, 0.5) is 13.2 Å². The van der Waals surface area contributed by atoms with Gasteiger partial charge >= 0.3 is 6.18 Å². The molecule has 1 amide bonds. The van der Waals surface area contributed by atoms with E-state index in [0.717, 1.165) is 18.9 Å². The molecule has 1 fully saturated rings. The number of halogens is 4. The Morgan fingerprint density at radius 3 is 2.61 bits per heavy atom. The third-order valence-electron chi connectivity index (χ3n) is 3.93. The van der Waals surface area contributed by atoms with Crippen molar-refractivity contribution in [2.45, 2.75) is 32.0 Å². The Hall–Kier alpha value is -1.54. The zero-order valence-electron chi connectivity index (χ0n) is 12.5. The lowest BCUT2D eigenvalue weighted by atomic mass is 9.92. The molecule has 2 unspecified atom stereocenters. The van der Waals surface area contributed by atoms with Crippen LogP contribution in [-0.2, 0) is 6.18 Å². The molecule has 9 heteroatoms. The average Bonchev–Trinajstić information content (AvgIpc) is 2.45. The summed E-state index contributed by atoms with van der Waals surface area (Å²) in [7, 11) is 0. The minimum atomic E-state index is -4.65. The van der Waals surface area contributed by atoms with E-state index in [1.54, 1.807) is 4.98 Å². The van der Waals surface area contributed by atoms with E-state index in [1.807, 2.05) is 6.92 Å². The summed E-state index contributed by atoms with van der Waals surface area (Å²) < 4.78 is 37.5. The number of H-pyrrole nitrogens is 1. The molecule has 0 spiro atoms. The third-order valence-corrected chi connectivity index (χ3v) is 3.93. The number of nitrogens with zero attached hydrogens (tertiary/aromatic N) is 1. The Kier molecular flexibility index (Phi) is 6.24. The van der Waals surface area contributed by atoms with Gasteiger partial charge in [-0.3, -0.25) is 9.59 Å². The number of pyridine rings is 1. The summed E-state index contributed by atoms with van der Waals surface area (Å²) in [6.45, 7) is 2.74. The van der Waals surface area contributed by atoms with Gasteiger partial charge in [0.25, 0.3) is 11.5 Å². The van der Waals surface area contributed by atoms with Crippen LogP contribution in [0.25, 0.3) is 0 Å². The Morgan fingerprint density at radius 1 is 1.43 bits per heavy atom. The first-order chi connectivity index (χ1) is 10.2. The molecule has 2 heterocycles. The monoisotopic (exact) mass is 353 g/mol. The highest BCUT2D eigenvalue weighted by Crippen LogP contribution is 2.26. The molecule has 2 atom stereocenters. The molecule has 130 valence electrons. The molecule has 0 aliphatic carbocycles. The number of nitrogens with one attached hydrogen (secondary N) is 1. The molecule has 0 aromatic carbocycles. The molecule has 2 rings (SSSR count). The molecule has 0 bridgehead atoms. The molecule has 1 aliphatic heterocycles. The van der Waals surface area contributed by atoms with Crippen LogP contribution in [0.3, 0.4) is 0 Å². The maximum absolute atomic E-state index is 12.5. The minimum absolute atomic E-state index is 0. The lowest BCUT2D eigenvalue weighted by Gasteiger charge is -2.34. The first kappa shape index (κ1) is 19.5. The molecule has 23 heavy (non-hydrogen) atoms. The van der Waals surface area contributed by atoms with Gasteiger partial charge in [0.1, 0.15) is 11.3 Å². The molecule has 5 nitrogen and oxygen atoms in total. The summed E-state index contributed by atoms with van der Waals surface area (Å²) in [5.41, 5.74) is 3.36. The largest absolute Gasteiger partial charge is 0.431 e. The number of likely N-dealkylation sites (tertiary alicyclic amines) is 1. The van der Waals surface area contributed by atoms with Crippen LogP contribution < -0.4 is 11.3 Å². The molecule has 1 aliphatic rings. The van der Waals surface area contributed by atoms with Crippen molar-refractivity contribution >= 4 is 18.3 Å². The van der Waals surface area contributed by atoms with Crippen LogP contribution in [-0.4, -0.2) is 34.9 Å². The van der Waals surface area contributed by atoms with Crippen LogP contribution in [0, 0.1) is 5.92 Å². The maximum atomic E-state index is 12.5. The quantitative estimate of drug-likeness (QED) is 0.853.